The van der Waals surface area contributed by atoms with Crippen LogP contribution in [-0.4, -0.2) is 33.4 Å². The predicted molar refractivity (Wildman–Crippen MR) is 83.6 cm³/mol. The zero-order valence-electron chi connectivity index (χ0n) is 12.8. The Bertz CT molecular complexity index is 499. The lowest BCUT2D eigenvalue weighted by Gasteiger charge is -2.18. The number of rotatable bonds is 7. The molecule has 0 heterocycles. The van der Waals surface area contributed by atoms with E-state index in [1.165, 1.54) is 7.11 Å². The second-order valence-corrected chi connectivity index (χ2v) is 5.12. The second-order valence-electron chi connectivity index (χ2n) is 4.71. The first-order valence-electron chi connectivity index (χ1n) is 6.63. The normalized spacial score (nSPS) is 14.0. The third-order valence-electron chi connectivity index (χ3n) is 3.20. The lowest BCUT2D eigenvalue weighted by Crippen LogP contribution is -2.21. The minimum Gasteiger partial charge on any atom is -0.495 e. The standard InChI is InChI=1S/C16H21ClO4/c1-11(9-16(18)21-4)14(19-2)8-6-12-5-7-13(17)15(10-12)20-3/h5-8,10-11,14H,9H2,1-4H3/b8-6+/t11-,14-/m0/s1. The number of hydrogen-bond donors (Lipinski definition) is 0. The average Bonchev–Trinajstić information content (AvgIpc) is 2.49. The van der Waals surface area contributed by atoms with Crippen molar-refractivity contribution in [3.05, 3.63) is 34.9 Å². The maximum atomic E-state index is 11.3. The summed E-state index contributed by atoms with van der Waals surface area (Å²) in [5, 5.41) is 0.567. The van der Waals surface area contributed by atoms with Crippen molar-refractivity contribution < 1.29 is 19.0 Å². The molecule has 116 valence electrons. The molecule has 5 heteroatoms. The molecule has 1 rings (SSSR count). The summed E-state index contributed by atoms with van der Waals surface area (Å²) in [5.41, 5.74) is 0.948. The Labute approximate surface area is 130 Å². The SMILES string of the molecule is COC(=O)C[C@H](C)[C@H](/C=C/c1ccc(Cl)c(OC)c1)OC. The number of carbonyl (C=O) groups is 1. The molecule has 1 aromatic carbocycles. The van der Waals surface area contributed by atoms with Crippen molar-refractivity contribution in [3.63, 3.8) is 0 Å². The van der Waals surface area contributed by atoms with Crippen molar-refractivity contribution in [2.75, 3.05) is 21.3 Å². The van der Waals surface area contributed by atoms with Crippen molar-refractivity contribution in [3.8, 4) is 5.75 Å². The van der Waals surface area contributed by atoms with Crippen molar-refractivity contribution in [2.24, 2.45) is 5.92 Å². The van der Waals surface area contributed by atoms with Crippen molar-refractivity contribution in [2.45, 2.75) is 19.4 Å². The summed E-state index contributed by atoms with van der Waals surface area (Å²) in [5.74, 6) is 0.398. The molecule has 21 heavy (non-hydrogen) atoms. The number of carbonyl (C=O) groups excluding carboxylic acids is 1. The van der Waals surface area contributed by atoms with Crippen LogP contribution in [0.25, 0.3) is 6.08 Å². The van der Waals surface area contributed by atoms with Gasteiger partial charge in [0, 0.05) is 7.11 Å². The van der Waals surface area contributed by atoms with E-state index >= 15 is 0 Å². The van der Waals surface area contributed by atoms with Gasteiger partial charge in [-0.2, -0.15) is 0 Å². The molecule has 0 aromatic heterocycles. The Balaban J connectivity index is 2.78. The van der Waals surface area contributed by atoms with E-state index in [9.17, 15) is 4.79 Å². The molecule has 1 aromatic rings. The molecule has 0 amide bonds. The minimum absolute atomic E-state index is 0.0212. The van der Waals surface area contributed by atoms with Crippen molar-refractivity contribution in [1.82, 2.24) is 0 Å². The number of methoxy groups -OCH3 is 3. The molecule has 4 nitrogen and oxygen atoms in total. The fourth-order valence-electron chi connectivity index (χ4n) is 1.95. The van der Waals surface area contributed by atoms with Crippen LogP contribution in [0.2, 0.25) is 5.02 Å². The number of hydrogen-bond acceptors (Lipinski definition) is 4. The summed E-state index contributed by atoms with van der Waals surface area (Å²) in [6.45, 7) is 1.94. The zero-order chi connectivity index (χ0) is 15.8. The van der Waals surface area contributed by atoms with Crippen LogP contribution in [0.1, 0.15) is 18.9 Å². The van der Waals surface area contributed by atoms with E-state index in [4.69, 9.17) is 21.1 Å². The van der Waals surface area contributed by atoms with E-state index in [1.54, 1.807) is 20.3 Å². The van der Waals surface area contributed by atoms with Crippen LogP contribution in [0.15, 0.2) is 24.3 Å². The van der Waals surface area contributed by atoms with Crippen LogP contribution < -0.4 is 4.74 Å². The van der Waals surface area contributed by atoms with Crippen LogP contribution in [0, 0.1) is 5.92 Å². The smallest absolute Gasteiger partial charge is 0.305 e. The highest BCUT2D eigenvalue weighted by Crippen LogP contribution is 2.26. The molecule has 0 unspecified atom stereocenters. The fraction of sp³-hybridized carbons (Fsp3) is 0.438. The average molecular weight is 313 g/mol. The molecule has 0 radical (unpaired) electrons. The van der Waals surface area contributed by atoms with Gasteiger partial charge in [-0.15, -0.1) is 0 Å². The van der Waals surface area contributed by atoms with Gasteiger partial charge < -0.3 is 14.2 Å². The highest BCUT2D eigenvalue weighted by molar-refractivity contribution is 6.32. The Kier molecular flexibility index (Phi) is 7.26. The van der Waals surface area contributed by atoms with Crippen LogP contribution >= 0.6 is 11.6 Å². The maximum absolute atomic E-state index is 11.3. The number of halogens is 1. The molecular weight excluding hydrogens is 292 g/mol. The van der Waals surface area contributed by atoms with E-state index in [-0.39, 0.29) is 18.0 Å². The molecule has 0 saturated heterocycles. The van der Waals surface area contributed by atoms with Gasteiger partial charge in [0.1, 0.15) is 5.75 Å². The van der Waals surface area contributed by atoms with E-state index in [2.05, 4.69) is 4.74 Å². The Morgan fingerprint density at radius 1 is 1.33 bits per heavy atom. The lowest BCUT2D eigenvalue weighted by atomic mass is 9.99. The summed E-state index contributed by atoms with van der Waals surface area (Å²) in [7, 11) is 4.57. The summed E-state index contributed by atoms with van der Waals surface area (Å²) in [4.78, 5) is 11.3. The molecule has 0 aliphatic heterocycles. The largest absolute Gasteiger partial charge is 0.495 e. The van der Waals surface area contributed by atoms with Crippen LogP contribution in [0.5, 0.6) is 5.75 Å². The lowest BCUT2D eigenvalue weighted by molar-refractivity contribution is -0.142. The fourth-order valence-corrected chi connectivity index (χ4v) is 2.14. The monoisotopic (exact) mass is 312 g/mol. The van der Waals surface area contributed by atoms with E-state index in [0.717, 1.165) is 5.56 Å². The van der Waals surface area contributed by atoms with Gasteiger partial charge in [0.15, 0.2) is 0 Å². The first-order valence-corrected chi connectivity index (χ1v) is 7.01. The minimum atomic E-state index is -0.244. The molecule has 0 N–H and O–H groups in total. The molecule has 0 saturated carbocycles. The summed E-state index contributed by atoms with van der Waals surface area (Å²) >= 11 is 5.98. The summed E-state index contributed by atoms with van der Waals surface area (Å²) in [6, 6.07) is 5.51. The number of ether oxygens (including phenoxy) is 3. The first kappa shape index (κ1) is 17.5. The third kappa shape index (κ3) is 5.40. The van der Waals surface area contributed by atoms with Gasteiger partial charge in [0.05, 0.1) is 31.8 Å². The van der Waals surface area contributed by atoms with Crippen LogP contribution in [-0.2, 0) is 14.3 Å². The predicted octanol–water partition coefficient (Wildman–Crippen LogP) is 3.58. The Morgan fingerprint density at radius 3 is 2.62 bits per heavy atom. The quantitative estimate of drug-likeness (QED) is 0.722. The van der Waals surface area contributed by atoms with Crippen molar-refractivity contribution in [1.29, 1.82) is 0 Å². The van der Waals surface area contributed by atoms with Crippen LogP contribution in [0.4, 0.5) is 0 Å². The molecule has 0 bridgehead atoms. The van der Waals surface area contributed by atoms with Crippen molar-refractivity contribution >= 4 is 23.6 Å². The van der Waals surface area contributed by atoms with Gasteiger partial charge in [-0.1, -0.05) is 36.7 Å². The molecule has 0 aliphatic rings. The van der Waals surface area contributed by atoms with Gasteiger partial charge >= 0.3 is 5.97 Å². The number of benzene rings is 1. The second kappa shape index (κ2) is 8.70. The summed E-state index contributed by atoms with van der Waals surface area (Å²) < 4.78 is 15.3. The Hall–Kier alpha value is -1.52. The van der Waals surface area contributed by atoms with E-state index in [0.29, 0.717) is 17.2 Å². The third-order valence-corrected chi connectivity index (χ3v) is 3.52. The van der Waals surface area contributed by atoms with Gasteiger partial charge in [-0.05, 0) is 23.6 Å². The Morgan fingerprint density at radius 2 is 2.05 bits per heavy atom. The highest BCUT2D eigenvalue weighted by atomic mass is 35.5. The number of esters is 1. The first-order chi connectivity index (χ1) is 10.0. The molecule has 0 fully saturated rings. The summed E-state index contributed by atoms with van der Waals surface area (Å²) in [6.07, 6.45) is 3.96. The molecule has 0 spiro atoms. The maximum Gasteiger partial charge on any atom is 0.305 e. The van der Waals surface area contributed by atoms with Gasteiger partial charge in [0.25, 0.3) is 0 Å². The highest BCUT2D eigenvalue weighted by Gasteiger charge is 2.17. The van der Waals surface area contributed by atoms with E-state index in [1.807, 2.05) is 31.2 Å². The van der Waals surface area contributed by atoms with Gasteiger partial charge in [-0.3, -0.25) is 4.79 Å². The molecule has 0 aliphatic carbocycles. The van der Waals surface area contributed by atoms with Crippen LogP contribution in [0.3, 0.4) is 0 Å². The topological polar surface area (TPSA) is 44.8 Å². The van der Waals surface area contributed by atoms with Gasteiger partial charge in [-0.25, -0.2) is 0 Å². The van der Waals surface area contributed by atoms with Gasteiger partial charge in [0.2, 0.25) is 0 Å². The molecular formula is C16H21ClO4. The van der Waals surface area contributed by atoms with E-state index < -0.39 is 0 Å². The zero-order valence-corrected chi connectivity index (χ0v) is 13.5. The molecule has 2 atom stereocenters.